The standard InChI is InChI=1S/C20H38O7/c1-25-20(26-2,27-3)15-13-11-9-7-5-4-6-8-10-12-14-17(19(23)24)16-18(21)22/h17H,4-16H2,1-3H3,(H,21,22)(H,23,24). The van der Waals surface area contributed by atoms with Crippen LogP contribution in [0.2, 0.25) is 0 Å². The Labute approximate surface area is 163 Å². The van der Waals surface area contributed by atoms with Gasteiger partial charge in [-0.15, -0.1) is 0 Å². The number of carboxylic acid groups (broad SMARTS) is 2. The van der Waals surface area contributed by atoms with Crippen LogP contribution < -0.4 is 0 Å². The Bertz CT molecular complexity index is 386. The first-order valence-corrected chi connectivity index (χ1v) is 10.0. The third kappa shape index (κ3) is 12.8. The molecule has 0 heterocycles. The minimum atomic E-state index is -1.04. The molecule has 0 saturated carbocycles. The number of rotatable bonds is 19. The SMILES string of the molecule is COC(CCCCCCCCCCCCC(CC(=O)O)C(=O)O)(OC)OC. The molecule has 7 heteroatoms. The minimum absolute atomic E-state index is 0.282. The first kappa shape index (κ1) is 25.8. The Hall–Kier alpha value is -1.18. The summed E-state index contributed by atoms with van der Waals surface area (Å²) in [6.07, 6.45) is 11.8. The first-order chi connectivity index (χ1) is 12.9. The Morgan fingerprint density at radius 2 is 1.15 bits per heavy atom. The van der Waals surface area contributed by atoms with E-state index in [2.05, 4.69) is 0 Å². The molecule has 0 aromatic carbocycles. The number of unbranched alkanes of at least 4 members (excludes halogenated alkanes) is 9. The molecule has 0 aliphatic heterocycles. The van der Waals surface area contributed by atoms with E-state index in [4.69, 9.17) is 24.4 Å². The molecule has 0 spiro atoms. The third-order valence-electron chi connectivity index (χ3n) is 4.99. The molecule has 0 bridgehead atoms. The second kappa shape index (κ2) is 15.8. The molecule has 0 fully saturated rings. The lowest BCUT2D eigenvalue weighted by Gasteiger charge is -2.28. The van der Waals surface area contributed by atoms with Gasteiger partial charge in [0.1, 0.15) is 0 Å². The zero-order valence-electron chi connectivity index (χ0n) is 17.2. The number of hydrogen-bond donors (Lipinski definition) is 2. The molecule has 0 aliphatic carbocycles. The molecule has 0 aromatic heterocycles. The van der Waals surface area contributed by atoms with Gasteiger partial charge in [0.05, 0.1) is 12.3 Å². The highest BCUT2D eigenvalue weighted by Crippen LogP contribution is 2.21. The number of carboxylic acids is 2. The van der Waals surface area contributed by atoms with Crippen molar-refractivity contribution < 1.29 is 34.0 Å². The second-order valence-electron chi connectivity index (χ2n) is 7.00. The minimum Gasteiger partial charge on any atom is -0.481 e. The molecule has 7 nitrogen and oxygen atoms in total. The van der Waals surface area contributed by atoms with E-state index in [-0.39, 0.29) is 6.42 Å². The van der Waals surface area contributed by atoms with Crippen molar-refractivity contribution in [2.75, 3.05) is 21.3 Å². The lowest BCUT2D eigenvalue weighted by molar-refractivity contribution is -0.355. The summed E-state index contributed by atoms with van der Waals surface area (Å²) in [6, 6.07) is 0. The van der Waals surface area contributed by atoms with Gasteiger partial charge in [0.2, 0.25) is 0 Å². The summed E-state index contributed by atoms with van der Waals surface area (Å²) >= 11 is 0. The molecular formula is C20H38O7. The van der Waals surface area contributed by atoms with E-state index in [0.717, 1.165) is 44.9 Å². The Balaban J connectivity index is 3.52. The summed E-state index contributed by atoms with van der Waals surface area (Å²) in [6.45, 7) is 0. The molecule has 0 aliphatic rings. The zero-order valence-corrected chi connectivity index (χ0v) is 17.2. The Morgan fingerprint density at radius 1 is 0.741 bits per heavy atom. The molecule has 160 valence electrons. The second-order valence-corrected chi connectivity index (χ2v) is 7.00. The summed E-state index contributed by atoms with van der Waals surface area (Å²) in [5, 5.41) is 17.7. The quantitative estimate of drug-likeness (QED) is 0.248. The van der Waals surface area contributed by atoms with Gasteiger partial charge in [-0.2, -0.15) is 0 Å². The molecule has 0 aromatic rings. The van der Waals surface area contributed by atoms with E-state index < -0.39 is 23.8 Å². The van der Waals surface area contributed by atoms with Crippen molar-refractivity contribution in [3.8, 4) is 0 Å². The van der Waals surface area contributed by atoms with Crippen LogP contribution in [-0.2, 0) is 23.8 Å². The molecule has 1 atom stereocenters. The van der Waals surface area contributed by atoms with E-state index >= 15 is 0 Å². The average molecular weight is 391 g/mol. The van der Waals surface area contributed by atoms with Crippen LogP contribution in [0.25, 0.3) is 0 Å². The molecular weight excluding hydrogens is 352 g/mol. The maximum absolute atomic E-state index is 11.0. The maximum atomic E-state index is 11.0. The van der Waals surface area contributed by atoms with Crippen LogP contribution in [0.1, 0.15) is 83.5 Å². The van der Waals surface area contributed by atoms with E-state index in [1.807, 2.05) is 0 Å². The molecule has 0 radical (unpaired) electrons. The Kier molecular flexibility index (Phi) is 15.1. The smallest absolute Gasteiger partial charge is 0.307 e. The zero-order chi connectivity index (χ0) is 20.5. The Morgan fingerprint density at radius 3 is 1.52 bits per heavy atom. The molecule has 0 rings (SSSR count). The summed E-state index contributed by atoms with van der Waals surface area (Å²) < 4.78 is 15.8. The molecule has 27 heavy (non-hydrogen) atoms. The lowest BCUT2D eigenvalue weighted by Crippen LogP contribution is -2.35. The van der Waals surface area contributed by atoms with Crippen molar-refractivity contribution in [1.82, 2.24) is 0 Å². The van der Waals surface area contributed by atoms with E-state index in [0.29, 0.717) is 6.42 Å². The molecule has 2 N–H and O–H groups in total. The highest BCUT2D eigenvalue weighted by Gasteiger charge is 2.28. The summed E-state index contributed by atoms with van der Waals surface area (Å²) in [5.74, 6) is -3.71. The van der Waals surface area contributed by atoms with Crippen LogP contribution in [-0.4, -0.2) is 49.5 Å². The van der Waals surface area contributed by atoms with Crippen LogP contribution in [0.15, 0.2) is 0 Å². The van der Waals surface area contributed by atoms with Crippen molar-refractivity contribution in [1.29, 1.82) is 0 Å². The van der Waals surface area contributed by atoms with Gasteiger partial charge < -0.3 is 24.4 Å². The van der Waals surface area contributed by atoms with Gasteiger partial charge in [0.25, 0.3) is 5.97 Å². The number of methoxy groups -OCH3 is 3. The average Bonchev–Trinajstić information content (AvgIpc) is 2.64. The lowest BCUT2D eigenvalue weighted by atomic mass is 9.97. The summed E-state index contributed by atoms with van der Waals surface area (Å²) in [5.41, 5.74) is 0. The monoisotopic (exact) mass is 390 g/mol. The first-order valence-electron chi connectivity index (χ1n) is 10.0. The molecule has 0 saturated heterocycles. The predicted molar refractivity (Wildman–Crippen MR) is 103 cm³/mol. The fourth-order valence-electron chi connectivity index (χ4n) is 3.23. The van der Waals surface area contributed by atoms with Crippen molar-refractivity contribution in [3.05, 3.63) is 0 Å². The van der Waals surface area contributed by atoms with Crippen LogP contribution in [0.5, 0.6) is 0 Å². The summed E-state index contributed by atoms with van der Waals surface area (Å²) in [4.78, 5) is 21.6. The number of ether oxygens (including phenoxy) is 3. The van der Waals surface area contributed by atoms with Gasteiger partial charge in [-0.3, -0.25) is 9.59 Å². The molecule has 0 amide bonds. The number of hydrogen-bond acceptors (Lipinski definition) is 5. The van der Waals surface area contributed by atoms with Gasteiger partial charge >= 0.3 is 11.9 Å². The van der Waals surface area contributed by atoms with E-state index in [9.17, 15) is 9.59 Å². The van der Waals surface area contributed by atoms with E-state index in [1.54, 1.807) is 21.3 Å². The van der Waals surface area contributed by atoms with Crippen molar-refractivity contribution in [2.24, 2.45) is 5.92 Å². The normalized spacial score (nSPS) is 12.9. The van der Waals surface area contributed by atoms with E-state index in [1.165, 1.54) is 25.7 Å². The van der Waals surface area contributed by atoms with Crippen molar-refractivity contribution >= 4 is 11.9 Å². The van der Waals surface area contributed by atoms with Crippen LogP contribution in [0, 0.1) is 5.92 Å². The van der Waals surface area contributed by atoms with Gasteiger partial charge in [-0.1, -0.05) is 57.8 Å². The maximum Gasteiger partial charge on any atom is 0.307 e. The molecule has 1 unspecified atom stereocenters. The predicted octanol–water partition coefficient (Wildman–Crippen LogP) is 4.44. The van der Waals surface area contributed by atoms with Crippen LogP contribution in [0.4, 0.5) is 0 Å². The summed E-state index contributed by atoms with van der Waals surface area (Å²) in [7, 11) is 4.75. The fraction of sp³-hybridized carbons (Fsp3) is 0.900. The highest BCUT2D eigenvalue weighted by atomic mass is 16.9. The topological polar surface area (TPSA) is 102 Å². The fourth-order valence-corrected chi connectivity index (χ4v) is 3.23. The van der Waals surface area contributed by atoms with Crippen LogP contribution in [0.3, 0.4) is 0 Å². The van der Waals surface area contributed by atoms with Gasteiger partial charge in [-0.05, 0) is 12.8 Å². The van der Waals surface area contributed by atoms with Gasteiger partial charge in [0.15, 0.2) is 0 Å². The third-order valence-corrected chi connectivity index (χ3v) is 4.99. The van der Waals surface area contributed by atoms with Crippen molar-refractivity contribution in [3.63, 3.8) is 0 Å². The number of aliphatic carboxylic acids is 2. The largest absolute Gasteiger partial charge is 0.481 e. The van der Waals surface area contributed by atoms with Crippen molar-refractivity contribution in [2.45, 2.75) is 89.4 Å². The van der Waals surface area contributed by atoms with Gasteiger partial charge in [-0.25, -0.2) is 0 Å². The van der Waals surface area contributed by atoms with Gasteiger partial charge in [0, 0.05) is 27.8 Å². The number of carbonyl (C=O) groups is 2. The van der Waals surface area contributed by atoms with Crippen LogP contribution >= 0.6 is 0 Å². The highest BCUT2D eigenvalue weighted by molar-refractivity contribution is 5.77.